The summed E-state index contributed by atoms with van der Waals surface area (Å²) in [5, 5.41) is 9.56. The summed E-state index contributed by atoms with van der Waals surface area (Å²) < 4.78 is 18.2. The van der Waals surface area contributed by atoms with E-state index in [2.05, 4.69) is 34.2 Å². The van der Waals surface area contributed by atoms with E-state index in [1.165, 1.54) is 11.8 Å². The molecule has 5 rings (SSSR count). The quantitative estimate of drug-likeness (QED) is 0.429. The summed E-state index contributed by atoms with van der Waals surface area (Å²) in [5.41, 5.74) is 2.71. The number of ketones is 1. The molecule has 0 spiro atoms. The Hall–Kier alpha value is -3.04. The van der Waals surface area contributed by atoms with Crippen LogP contribution in [-0.4, -0.2) is 59.4 Å². The van der Waals surface area contributed by atoms with E-state index >= 15 is 0 Å². The first-order valence-corrected chi connectivity index (χ1v) is 11.1. The Bertz CT molecular complexity index is 1110. The number of morpholine rings is 1. The Morgan fingerprint density at radius 2 is 1.90 bits per heavy atom. The molecule has 0 saturated carbocycles. The van der Waals surface area contributed by atoms with Gasteiger partial charge in [0.05, 0.1) is 24.7 Å². The predicted octanol–water partition coefficient (Wildman–Crippen LogP) is 3.12. The molecule has 0 aliphatic carbocycles. The van der Waals surface area contributed by atoms with Gasteiger partial charge in [0.15, 0.2) is 22.4 Å². The van der Waals surface area contributed by atoms with Gasteiger partial charge < -0.3 is 19.1 Å². The molecule has 0 unspecified atom stereocenters. The van der Waals surface area contributed by atoms with Crippen molar-refractivity contribution in [2.24, 2.45) is 0 Å². The maximum atomic E-state index is 12.8. The Kier molecular flexibility index (Phi) is 5.52. The number of nitrogens with zero attached hydrogens (tertiary/aromatic N) is 4. The average Bonchev–Trinajstić information content (AvgIpc) is 3.44. The van der Waals surface area contributed by atoms with Crippen molar-refractivity contribution < 1.29 is 19.0 Å². The molecule has 1 saturated heterocycles. The first-order chi connectivity index (χ1) is 15.2. The second-order valence-electron chi connectivity index (χ2n) is 7.34. The molecular weight excluding hydrogens is 416 g/mol. The lowest BCUT2D eigenvalue weighted by molar-refractivity contribution is 0.102. The Morgan fingerprint density at radius 1 is 1.06 bits per heavy atom. The second kappa shape index (κ2) is 8.60. The molecule has 8 nitrogen and oxygen atoms in total. The van der Waals surface area contributed by atoms with Crippen LogP contribution < -0.4 is 14.4 Å². The number of carbonyl (C=O) groups excluding carboxylic acids is 1. The maximum absolute atomic E-state index is 12.8. The number of rotatable bonds is 6. The number of anilines is 1. The number of aromatic nitrogens is 3. The average molecular weight is 439 g/mol. The molecule has 1 fully saturated rings. The van der Waals surface area contributed by atoms with Gasteiger partial charge in [-0.25, -0.2) is 0 Å². The molecule has 3 heterocycles. The van der Waals surface area contributed by atoms with E-state index in [1.807, 2.05) is 16.7 Å². The van der Waals surface area contributed by atoms with Crippen LogP contribution in [0.3, 0.4) is 0 Å². The molecule has 0 amide bonds. The molecule has 160 valence electrons. The fourth-order valence-corrected chi connectivity index (χ4v) is 4.44. The molecule has 0 atom stereocenters. The van der Waals surface area contributed by atoms with E-state index < -0.39 is 0 Å². The van der Waals surface area contributed by atoms with Crippen molar-refractivity contribution in [1.29, 1.82) is 0 Å². The minimum Gasteiger partial charge on any atom is -0.454 e. The van der Waals surface area contributed by atoms with Crippen molar-refractivity contribution in [1.82, 2.24) is 14.8 Å². The highest BCUT2D eigenvalue weighted by atomic mass is 32.2. The second-order valence-corrected chi connectivity index (χ2v) is 8.28. The van der Waals surface area contributed by atoms with Crippen LogP contribution in [0.25, 0.3) is 5.69 Å². The van der Waals surface area contributed by atoms with Crippen LogP contribution >= 0.6 is 11.8 Å². The van der Waals surface area contributed by atoms with Gasteiger partial charge in [-0.2, -0.15) is 0 Å². The third kappa shape index (κ3) is 4.11. The summed E-state index contributed by atoms with van der Waals surface area (Å²) in [7, 11) is 0. The molecule has 2 aliphatic rings. The summed E-state index contributed by atoms with van der Waals surface area (Å²) in [5.74, 6) is 2.28. The highest BCUT2D eigenvalue weighted by Gasteiger charge is 2.23. The molecule has 9 heteroatoms. The van der Waals surface area contributed by atoms with Crippen molar-refractivity contribution in [3.05, 3.63) is 53.6 Å². The Balaban J connectivity index is 1.40. The van der Waals surface area contributed by atoms with Crippen molar-refractivity contribution in [2.45, 2.75) is 12.1 Å². The summed E-state index contributed by atoms with van der Waals surface area (Å²) in [4.78, 5) is 15.0. The van der Waals surface area contributed by atoms with E-state index in [0.717, 1.165) is 30.3 Å². The fourth-order valence-electron chi connectivity index (χ4n) is 3.60. The van der Waals surface area contributed by atoms with Gasteiger partial charge in [-0.3, -0.25) is 9.36 Å². The summed E-state index contributed by atoms with van der Waals surface area (Å²) in [6.07, 6.45) is 0. The van der Waals surface area contributed by atoms with Gasteiger partial charge in [0.1, 0.15) is 0 Å². The lowest BCUT2D eigenvalue weighted by atomic mass is 10.1. The number of aryl methyl sites for hydroxylation is 1. The lowest BCUT2D eigenvalue weighted by Crippen LogP contribution is -2.37. The van der Waals surface area contributed by atoms with E-state index in [0.29, 0.717) is 35.4 Å². The number of fused-ring (bicyclic) bond motifs is 1. The van der Waals surface area contributed by atoms with Crippen LogP contribution in [-0.2, 0) is 4.74 Å². The minimum atomic E-state index is -0.00462. The van der Waals surface area contributed by atoms with Crippen molar-refractivity contribution in [3.8, 4) is 17.2 Å². The number of thioether (sulfide) groups is 1. The first kappa shape index (κ1) is 19.9. The van der Waals surface area contributed by atoms with Crippen LogP contribution in [0.2, 0.25) is 0 Å². The zero-order chi connectivity index (χ0) is 21.2. The normalized spacial score (nSPS) is 15.3. The molecule has 31 heavy (non-hydrogen) atoms. The molecular formula is C22H22N4O4S. The number of benzene rings is 2. The zero-order valence-electron chi connectivity index (χ0n) is 17.1. The first-order valence-electron chi connectivity index (χ1n) is 10.1. The highest BCUT2D eigenvalue weighted by Crippen LogP contribution is 2.33. The molecule has 0 radical (unpaired) electrons. The monoisotopic (exact) mass is 438 g/mol. The zero-order valence-corrected chi connectivity index (χ0v) is 17.9. The van der Waals surface area contributed by atoms with E-state index in [9.17, 15) is 4.79 Å². The van der Waals surface area contributed by atoms with Gasteiger partial charge in [0, 0.05) is 18.7 Å². The van der Waals surface area contributed by atoms with Crippen molar-refractivity contribution >= 4 is 23.5 Å². The van der Waals surface area contributed by atoms with Crippen LogP contribution in [0.15, 0.2) is 47.6 Å². The molecule has 2 aliphatic heterocycles. The van der Waals surface area contributed by atoms with Gasteiger partial charge in [-0.05, 0) is 42.8 Å². The van der Waals surface area contributed by atoms with Crippen molar-refractivity contribution in [3.63, 3.8) is 0 Å². The maximum Gasteiger partial charge on any atom is 0.232 e. The number of ether oxygens (including phenoxy) is 3. The van der Waals surface area contributed by atoms with E-state index in [1.54, 1.807) is 18.2 Å². The molecule has 0 N–H and O–H groups in total. The van der Waals surface area contributed by atoms with Gasteiger partial charge in [0.25, 0.3) is 0 Å². The van der Waals surface area contributed by atoms with Crippen LogP contribution in [0.5, 0.6) is 11.5 Å². The summed E-state index contributed by atoms with van der Waals surface area (Å²) in [6.45, 7) is 5.07. The van der Waals surface area contributed by atoms with Crippen LogP contribution in [0.4, 0.5) is 5.95 Å². The smallest absolute Gasteiger partial charge is 0.232 e. The molecule has 0 bridgehead atoms. The number of Topliss-reactive ketones (excluding diaryl/α,β-unsaturated/α-hetero) is 1. The number of hydrogen-bond acceptors (Lipinski definition) is 8. The van der Waals surface area contributed by atoms with Gasteiger partial charge in [0.2, 0.25) is 12.7 Å². The largest absolute Gasteiger partial charge is 0.454 e. The van der Waals surface area contributed by atoms with Gasteiger partial charge >= 0.3 is 0 Å². The third-order valence-electron chi connectivity index (χ3n) is 5.20. The molecule has 3 aromatic rings. The molecule has 1 aromatic heterocycles. The summed E-state index contributed by atoms with van der Waals surface area (Å²) >= 11 is 1.38. The van der Waals surface area contributed by atoms with Crippen LogP contribution in [0, 0.1) is 6.92 Å². The third-order valence-corrected chi connectivity index (χ3v) is 6.13. The lowest BCUT2D eigenvalue weighted by Gasteiger charge is -2.28. The highest BCUT2D eigenvalue weighted by molar-refractivity contribution is 7.99. The summed E-state index contributed by atoms with van der Waals surface area (Å²) in [6, 6.07) is 13.5. The predicted molar refractivity (Wildman–Crippen MR) is 117 cm³/mol. The fraction of sp³-hybridized carbons (Fsp3) is 0.318. The van der Waals surface area contributed by atoms with Crippen LogP contribution in [0.1, 0.15) is 15.9 Å². The van der Waals surface area contributed by atoms with E-state index in [-0.39, 0.29) is 18.3 Å². The number of hydrogen-bond donors (Lipinski definition) is 0. The van der Waals surface area contributed by atoms with Crippen molar-refractivity contribution in [2.75, 3.05) is 43.7 Å². The topological polar surface area (TPSA) is 78.7 Å². The van der Waals surface area contributed by atoms with Gasteiger partial charge in [-0.1, -0.05) is 23.9 Å². The Labute approximate surface area is 184 Å². The van der Waals surface area contributed by atoms with Gasteiger partial charge in [-0.15, -0.1) is 10.2 Å². The Morgan fingerprint density at radius 3 is 2.74 bits per heavy atom. The molecule has 2 aromatic carbocycles. The van der Waals surface area contributed by atoms with E-state index in [4.69, 9.17) is 14.2 Å². The SMILES string of the molecule is Cc1cccc(-n2c(SCC(=O)c3ccc4c(c3)OCO4)nnc2N2CCOCC2)c1. The minimum absolute atomic E-state index is 0.00462. The standard InChI is InChI=1S/C22H22N4O4S/c1-15-3-2-4-17(11-15)26-21(25-7-9-28-10-8-25)23-24-22(26)31-13-18(27)16-5-6-19-20(12-16)30-14-29-19/h2-6,11-12H,7-10,13-14H2,1H3. The number of carbonyl (C=O) groups is 1.